The van der Waals surface area contributed by atoms with Crippen LogP contribution >= 0.6 is 0 Å². The van der Waals surface area contributed by atoms with Crippen molar-refractivity contribution < 1.29 is 9.90 Å². The van der Waals surface area contributed by atoms with Crippen molar-refractivity contribution >= 4 is 13.8 Å². The molecule has 0 unspecified atom stereocenters. The van der Waals surface area contributed by atoms with Crippen molar-refractivity contribution in [2.75, 3.05) is 0 Å². The summed E-state index contributed by atoms with van der Waals surface area (Å²) >= 11 is 0. The highest BCUT2D eigenvalue weighted by Crippen LogP contribution is 1.89. The fourth-order valence-electron chi connectivity index (χ4n) is 0.303. The number of nitrogens with two attached hydrogens (primary N) is 1. The van der Waals surface area contributed by atoms with E-state index in [9.17, 15) is 4.79 Å². The first-order valence-electron chi connectivity index (χ1n) is 2.37. The number of carbonyl (C=O) groups is 1. The quantitative estimate of drug-likeness (QED) is 0.479. The SMILES string of the molecule is [B]CC[C@H](N)C(=O)O. The molecule has 0 aliphatic heterocycles. The molecule has 0 aromatic carbocycles. The van der Waals surface area contributed by atoms with Gasteiger partial charge in [-0.2, -0.15) is 0 Å². The van der Waals surface area contributed by atoms with E-state index in [0.717, 1.165) is 0 Å². The molecule has 2 radical (unpaired) electrons. The molecule has 0 aliphatic rings. The Morgan fingerprint density at radius 1 is 1.88 bits per heavy atom. The van der Waals surface area contributed by atoms with Gasteiger partial charge < -0.3 is 10.8 Å². The number of aliphatic carboxylic acids is 1. The van der Waals surface area contributed by atoms with Crippen LogP contribution in [0.25, 0.3) is 0 Å². The van der Waals surface area contributed by atoms with Gasteiger partial charge >= 0.3 is 5.97 Å². The van der Waals surface area contributed by atoms with Crippen molar-refractivity contribution in [1.29, 1.82) is 0 Å². The number of rotatable bonds is 3. The van der Waals surface area contributed by atoms with Crippen molar-refractivity contribution in [2.45, 2.75) is 18.8 Å². The van der Waals surface area contributed by atoms with E-state index in [1.54, 1.807) is 0 Å². The average Bonchev–Trinajstić information content (AvgIpc) is 1.67. The van der Waals surface area contributed by atoms with Crippen LogP contribution in [0.4, 0.5) is 0 Å². The molecular formula is C4H8BNO2. The summed E-state index contributed by atoms with van der Waals surface area (Å²) in [5, 5.41) is 8.13. The van der Waals surface area contributed by atoms with Crippen LogP contribution in [0.5, 0.6) is 0 Å². The van der Waals surface area contributed by atoms with Gasteiger partial charge in [0.05, 0.1) is 7.85 Å². The Labute approximate surface area is 49.3 Å². The molecule has 0 aromatic heterocycles. The minimum absolute atomic E-state index is 0.327. The molecule has 0 fully saturated rings. The molecular weight excluding hydrogens is 105 g/mol. The van der Waals surface area contributed by atoms with Gasteiger partial charge in [0.2, 0.25) is 0 Å². The summed E-state index contributed by atoms with van der Waals surface area (Å²) in [6.07, 6.45) is 0.669. The molecule has 4 heteroatoms. The molecule has 0 rings (SSSR count). The molecule has 0 spiro atoms. The summed E-state index contributed by atoms with van der Waals surface area (Å²) in [7, 11) is 5.02. The van der Waals surface area contributed by atoms with Crippen molar-refractivity contribution in [2.24, 2.45) is 5.73 Å². The average molecular weight is 113 g/mol. The summed E-state index contributed by atoms with van der Waals surface area (Å²) in [5.41, 5.74) is 5.05. The summed E-state index contributed by atoms with van der Waals surface area (Å²) in [6, 6.07) is -0.792. The van der Waals surface area contributed by atoms with E-state index in [1.807, 2.05) is 0 Å². The van der Waals surface area contributed by atoms with Gasteiger partial charge in [-0.3, -0.25) is 4.79 Å². The van der Waals surface area contributed by atoms with Crippen LogP contribution in [0.15, 0.2) is 0 Å². The molecule has 1 atom stereocenters. The van der Waals surface area contributed by atoms with Crippen LogP contribution in [0.1, 0.15) is 6.42 Å². The van der Waals surface area contributed by atoms with Crippen molar-refractivity contribution in [3.63, 3.8) is 0 Å². The lowest BCUT2D eigenvalue weighted by atomic mass is 9.98. The van der Waals surface area contributed by atoms with E-state index in [1.165, 1.54) is 0 Å². The predicted molar refractivity (Wildman–Crippen MR) is 30.8 cm³/mol. The van der Waals surface area contributed by atoms with Crippen LogP contribution < -0.4 is 5.73 Å². The lowest BCUT2D eigenvalue weighted by molar-refractivity contribution is -0.138. The molecule has 0 aliphatic carbocycles. The number of carboxylic acid groups (broad SMARTS) is 1. The van der Waals surface area contributed by atoms with Gasteiger partial charge in [-0.15, -0.1) is 0 Å². The normalized spacial score (nSPS) is 13.1. The third kappa shape index (κ3) is 2.63. The Hall–Kier alpha value is -0.505. The molecule has 0 bridgehead atoms. The molecule has 0 saturated heterocycles. The van der Waals surface area contributed by atoms with Crippen LogP contribution in [0, 0.1) is 0 Å². The standard InChI is InChI=1S/C4H8BNO2/c5-2-1-3(6)4(7)8/h3H,1-2,6H2,(H,7,8)/t3-/m0/s1. The zero-order valence-corrected chi connectivity index (χ0v) is 4.50. The molecule has 44 valence electrons. The maximum Gasteiger partial charge on any atom is 0.320 e. The van der Waals surface area contributed by atoms with E-state index in [4.69, 9.17) is 18.7 Å². The zero-order valence-electron chi connectivity index (χ0n) is 4.50. The van der Waals surface area contributed by atoms with Crippen LogP contribution in [-0.4, -0.2) is 25.0 Å². The lowest BCUT2D eigenvalue weighted by Gasteiger charge is -2.00. The van der Waals surface area contributed by atoms with E-state index in [-0.39, 0.29) is 0 Å². The largest absolute Gasteiger partial charge is 0.480 e. The summed E-state index contributed by atoms with van der Waals surface area (Å²) in [5.74, 6) is -0.990. The monoisotopic (exact) mass is 113 g/mol. The first-order chi connectivity index (χ1) is 3.68. The van der Waals surface area contributed by atoms with Crippen LogP contribution in [0.3, 0.4) is 0 Å². The Bertz CT molecular complexity index is 86.1. The topological polar surface area (TPSA) is 63.3 Å². The molecule has 0 aromatic rings. The highest BCUT2D eigenvalue weighted by molar-refractivity contribution is 6.08. The highest BCUT2D eigenvalue weighted by atomic mass is 16.4. The van der Waals surface area contributed by atoms with Gasteiger partial charge in [0.15, 0.2) is 0 Å². The van der Waals surface area contributed by atoms with E-state index < -0.39 is 12.0 Å². The predicted octanol–water partition coefficient (Wildman–Crippen LogP) is -0.625. The fraction of sp³-hybridized carbons (Fsp3) is 0.750. The minimum Gasteiger partial charge on any atom is -0.480 e. The maximum absolute atomic E-state index is 9.91. The van der Waals surface area contributed by atoms with Gasteiger partial charge in [-0.1, -0.05) is 6.32 Å². The molecule has 3 nitrogen and oxygen atoms in total. The molecule has 0 amide bonds. The van der Waals surface area contributed by atoms with Crippen molar-refractivity contribution in [3.8, 4) is 0 Å². The van der Waals surface area contributed by atoms with Gasteiger partial charge in [0, 0.05) is 0 Å². The van der Waals surface area contributed by atoms with E-state index >= 15 is 0 Å². The minimum atomic E-state index is -0.990. The van der Waals surface area contributed by atoms with Gasteiger partial charge in [0.25, 0.3) is 0 Å². The van der Waals surface area contributed by atoms with Crippen LogP contribution in [-0.2, 0) is 4.79 Å². The van der Waals surface area contributed by atoms with Crippen molar-refractivity contribution in [3.05, 3.63) is 0 Å². The third-order valence-corrected chi connectivity index (χ3v) is 0.795. The zero-order chi connectivity index (χ0) is 6.57. The third-order valence-electron chi connectivity index (χ3n) is 0.795. The Balaban J connectivity index is 3.32. The number of hydrogen-bond donors (Lipinski definition) is 2. The summed E-state index contributed by atoms with van der Waals surface area (Å²) in [4.78, 5) is 9.91. The first-order valence-corrected chi connectivity index (χ1v) is 2.37. The Morgan fingerprint density at radius 2 is 2.38 bits per heavy atom. The highest BCUT2D eigenvalue weighted by Gasteiger charge is 2.07. The second-order valence-corrected chi connectivity index (χ2v) is 1.52. The maximum atomic E-state index is 9.91. The Morgan fingerprint density at radius 3 is 2.50 bits per heavy atom. The van der Waals surface area contributed by atoms with E-state index in [2.05, 4.69) is 0 Å². The summed E-state index contributed by atoms with van der Waals surface area (Å²) < 4.78 is 0. The Kier molecular flexibility index (Phi) is 3.27. The van der Waals surface area contributed by atoms with Gasteiger partial charge in [-0.25, -0.2) is 0 Å². The number of carboxylic acids is 1. The van der Waals surface area contributed by atoms with Crippen LogP contribution in [0.2, 0.25) is 6.32 Å². The lowest BCUT2D eigenvalue weighted by Crippen LogP contribution is -2.29. The molecule has 0 saturated carbocycles. The van der Waals surface area contributed by atoms with E-state index in [0.29, 0.717) is 12.7 Å². The first kappa shape index (κ1) is 7.49. The number of hydrogen-bond acceptors (Lipinski definition) is 2. The molecule has 0 heterocycles. The molecule has 8 heavy (non-hydrogen) atoms. The van der Waals surface area contributed by atoms with Crippen molar-refractivity contribution in [1.82, 2.24) is 0 Å². The molecule has 3 N–H and O–H groups in total. The second kappa shape index (κ2) is 3.49. The van der Waals surface area contributed by atoms with Gasteiger partial charge in [-0.05, 0) is 6.42 Å². The second-order valence-electron chi connectivity index (χ2n) is 1.52. The fourth-order valence-corrected chi connectivity index (χ4v) is 0.303. The smallest absolute Gasteiger partial charge is 0.320 e. The summed E-state index contributed by atoms with van der Waals surface area (Å²) in [6.45, 7) is 0. The van der Waals surface area contributed by atoms with Gasteiger partial charge in [0.1, 0.15) is 6.04 Å².